The van der Waals surface area contributed by atoms with Gasteiger partial charge in [-0.05, 0) is 31.0 Å². The molecule has 4 rings (SSSR count). The maximum Gasteiger partial charge on any atom is 0.250 e. The first-order valence-electron chi connectivity index (χ1n) is 8.34. The van der Waals surface area contributed by atoms with Gasteiger partial charge in [0.2, 0.25) is 0 Å². The van der Waals surface area contributed by atoms with Crippen molar-refractivity contribution in [2.45, 2.75) is 18.9 Å². The first kappa shape index (κ1) is 17.3. The van der Waals surface area contributed by atoms with Crippen LogP contribution in [0, 0.1) is 0 Å². The first-order valence-corrected chi connectivity index (χ1v) is 9.51. The van der Waals surface area contributed by atoms with Crippen LogP contribution in [-0.4, -0.2) is 33.3 Å². The summed E-state index contributed by atoms with van der Waals surface area (Å²) in [4.78, 5) is 19.1. The number of nitrogens with zero attached hydrogens (tertiary/aromatic N) is 4. The molecule has 26 heavy (non-hydrogen) atoms. The fourth-order valence-electron chi connectivity index (χ4n) is 3.28. The van der Waals surface area contributed by atoms with Crippen molar-refractivity contribution < 1.29 is 4.79 Å². The fraction of sp³-hybridized carbons (Fsp3) is 0.278. The Morgan fingerprint density at radius 2 is 2.19 bits per heavy atom. The van der Waals surface area contributed by atoms with Crippen LogP contribution in [0.15, 0.2) is 41.1 Å². The monoisotopic (exact) mass is 433 g/mol. The number of amides is 1. The van der Waals surface area contributed by atoms with Gasteiger partial charge in [0, 0.05) is 47.6 Å². The van der Waals surface area contributed by atoms with E-state index < -0.39 is 0 Å². The van der Waals surface area contributed by atoms with Crippen molar-refractivity contribution in [3.05, 3.63) is 46.2 Å². The molecule has 1 saturated heterocycles. The molecule has 1 unspecified atom stereocenters. The van der Waals surface area contributed by atoms with E-state index in [1.54, 1.807) is 15.8 Å². The number of carbonyl (C=O) groups is 1. The van der Waals surface area contributed by atoms with Crippen molar-refractivity contribution in [1.82, 2.24) is 14.8 Å². The second-order valence-electron chi connectivity index (χ2n) is 6.32. The number of rotatable bonds is 3. The molecule has 0 spiro atoms. The van der Waals surface area contributed by atoms with Gasteiger partial charge in [-0.2, -0.15) is 5.10 Å². The van der Waals surface area contributed by atoms with Crippen molar-refractivity contribution >= 4 is 55.8 Å². The van der Waals surface area contributed by atoms with Crippen molar-refractivity contribution in [2.24, 2.45) is 7.05 Å². The summed E-state index contributed by atoms with van der Waals surface area (Å²) in [7, 11) is 1.85. The molecular formula is C18H17BrClN5O. The minimum absolute atomic E-state index is 0.0287. The van der Waals surface area contributed by atoms with E-state index >= 15 is 0 Å². The zero-order valence-corrected chi connectivity index (χ0v) is 16.5. The zero-order valence-electron chi connectivity index (χ0n) is 14.1. The molecular weight excluding hydrogens is 418 g/mol. The third kappa shape index (κ3) is 3.17. The highest BCUT2D eigenvalue weighted by molar-refractivity contribution is 9.10. The maximum atomic E-state index is 13.0. The van der Waals surface area contributed by atoms with E-state index in [1.807, 2.05) is 37.5 Å². The van der Waals surface area contributed by atoms with Crippen LogP contribution in [0.4, 0.5) is 11.5 Å². The largest absolute Gasteiger partial charge is 0.373 e. The summed E-state index contributed by atoms with van der Waals surface area (Å²) in [6.45, 7) is 0.683. The van der Waals surface area contributed by atoms with Gasteiger partial charge in [0.05, 0.1) is 10.5 Å². The average Bonchev–Trinajstić information content (AvgIpc) is 3.03. The number of nitrogens with one attached hydrogen (secondary N) is 1. The second-order valence-corrected chi connectivity index (χ2v) is 7.64. The van der Waals surface area contributed by atoms with E-state index in [4.69, 9.17) is 11.6 Å². The number of piperidine rings is 1. The minimum Gasteiger partial charge on any atom is -0.373 e. The van der Waals surface area contributed by atoms with Gasteiger partial charge in [0.15, 0.2) is 5.82 Å². The van der Waals surface area contributed by atoms with E-state index in [0.717, 1.165) is 28.4 Å². The molecule has 0 radical (unpaired) electrons. The molecule has 1 aromatic carbocycles. The maximum absolute atomic E-state index is 13.0. The Labute approximate surface area is 164 Å². The molecule has 2 aromatic heterocycles. The van der Waals surface area contributed by atoms with Crippen molar-refractivity contribution in [3.8, 4) is 0 Å². The van der Waals surface area contributed by atoms with Gasteiger partial charge in [-0.3, -0.25) is 19.4 Å². The number of carbonyl (C=O) groups excluding carboxylic acids is 1. The molecule has 1 fully saturated rings. The standard InChI is InChI=1S/C18H17BrClN5O/c1-24-8-5-16(23-24)25-7-2-3-15(18(25)26)22-14-4-6-21-17-12(14)9-11(19)10-13(17)20/h4-6,8-10,15H,2-3,7H2,1H3,(H,21,22). The minimum atomic E-state index is -0.311. The number of halogens is 2. The number of aromatic nitrogens is 3. The molecule has 1 aliphatic heterocycles. The van der Waals surface area contributed by atoms with Crippen molar-refractivity contribution in [1.29, 1.82) is 0 Å². The van der Waals surface area contributed by atoms with Gasteiger partial charge in [-0.1, -0.05) is 27.5 Å². The molecule has 3 heterocycles. The molecule has 1 aliphatic rings. The fourth-order valence-corrected chi connectivity index (χ4v) is 4.13. The number of hydrogen-bond donors (Lipinski definition) is 1. The van der Waals surface area contributed by atoms with Crippen LogP contribution in [0.1, 0.15) is 12.8 Å². The topological polar surface area (TPSA) is 63.1 Å². The quantitative estimate of drug-likeness (QED) is 0.677. The number of fused-ring (bicyclic) bond motifs is 1. The summed E-state index contributed by atoms with van der Waals surface area (Å²) in [6, 6.07) is 7.20. The Morgan fingerprint density at radius 1 is 1.35 bits per heavy atom. The van der Waals surface area contributed by atoms with Crippen LogP contribution < -0.4 is 10.2 Å². The van der Waals surface area contributed by atoms with Gasteiger partial charge < -0.3 is 5.32 Å². The van der Waals surface area contributed by atoms with Crippen LogP contribution in [0.25, 0.3) is 10.9 Å². The number of hydrogen-bond acceptors (Lipinski definition) is 4. The summed E-state index contributed by atoms with van der Waals surface area (Å²) in [5.74, 6) is 0.718. The van der Waals surface area contributed by atoms with Gasteiger partial charge in [0.1, 0.15) is 6.04 Å². The molecule has 3 aromatic rings. The Kier molecular flexibility index (Phi) is 4.58. The Hall–Kier alpha value is -2.12. The van der Waals surface area contributed by atoms with E-state index in [0.29, 0.717) is 22.9 Å². The van der Waals surface area contributed by atoms with Crippen molar-refractivity contribution in [2.75, 3.05) is 16.8 Å². The van der Waals surface area contributed by atoms with Gasteiger partial charge in [0.25, 0.3) is 5.91 Å². The van der Waals surface area contributed by atoms with E-state index in [-0.39, 0.29) is 11.9 Å². The normalized spacial score (nSPS) is 17.7. The molecule has 8 heteroatoms. The van der Waals surface area contributed by atoms with E-state index in [1.165, 1.54) is 0 Å². The lowest BCUT2D eigenvalue weighted by atomic mass is 10.0. The number of pyridine rings is 1. The Balaban J connectivity index is 1.65. The molecule has 0 bridgehead atoms. The highest BCUT2D eigenvalue weighted by atomic mass is 79.9. The van der Waals surface area contributed by atoms with Crippen LogP contribution in [0.3, 0.4) is 0 Å². The average molecular weight is 435 g/mol. The first-order chi connectivity index (χ1) is 12.5. The molecule has 0 saturated carbocycles. The SMILES string of the molecule is Cn1ccc(N2CCCC(Nc3ccnc4c(Cl)cc(Br)cc34)C2=O)n1. The Bertz CT molecular complexity index is 989. The summed E-state index contributed by atoms with van der Waals surface area (Å²) in [6.07, 6.45) is 5.23. The summed E-state index contributed by atoms with van der Waals surface area (Å²) in [5, 5.41) is 9.21. The molecule has 0 aliphatic carbocycles. The highest BCUT2D eigenvalue weighted by Crippen LogP contribution is 2.32. The molecule has 134 valence electrons. The third-order valence-corrected chi connectivity index (χ3v) is 5.25. The predicted molar refractivity (Wildman–Crippen MR) is 107 cm³/mol. The highest BCUT2D eigenvalue weighted by Gasteiger charge is 2.31. The second kappa shape index (κ2) is 6.89. The van der Waals surface area contributed by atoms with Gasteiger partial charge >= 0.3 is 0 Å². The molecule has 1 atom stereocenters. The summed E-state index contributed by atoms with van der Waals surface area (Å²) < 4.78 is 2.58. The molecule has 1 N–H and O–H groups in total. The van der Waals surface area contributed by atoms with Crippen molar-refractivity contribution in [3.63, 3.8) is 0 Å². The number of aryl methyl sites for hydroxylation is 1. The molecule has 1 amide bonds. The van der Waals surface area contributed by atoms with Crippen LogP contribution in [0.2, 0.25) is 5.02 Å². The Morgan fingerprint density at radius 3 is 2.96 bits per heavy atom. The lowest BCUT2D eigenvalue weighted by Crippen LogP contribution is -2.48. The molecule has 6 nitrogen and oxygen atoms in total. The van der Waals surface area contributed by atoms with E-state index in [2.05, 4.69) is 31.3 Å². The third-order valence-electron chi connectivity index (χ3n) is 4.51. The van der Waals surface area contributed by atoms with Gasteiger partial charge in [-0.15, -0.1) is 0 Å². The number of anilines is 2. The summed E-state index contributed by atoms with van der Waals surface area (Å²) in [5.41, 5.74) is 1.56. The van der Waals surface area contributed by atoms with E-state index in [9.17, 15) is 4.79 Å². The predicted octanol–water partition coefficient (Wildman–Crippen LogP) is 3.99. The smallest absolute Gasteiger partial charge is 0.250 e. The van der Waals surface area contributed by atoms with Crippen LogP contribution in [-0.2, 0) is 11.8 Å². The van der Waals surface area contributed by atoms with Gasteiger partial charge in [-0.25, -0.2) is 0 Å². The number of benzene rings is 1. The van der Waals surface area contributed by atoms with Crippen LogP contribution in [0.5, 0.6) is 0 Å². The zero-order chi connectivity index (χ0) is 18.3. The lowest BCUT2D eigenvalue weighted by molar-refractivity contribution is -0.120. The van der Waals surface area contributed by atoms with Crippen LogP contribution >= 0.6 is 27.5 Å². The lowest BCUT2D eigenvalue weighted by Gasteiger charge is -2.32. The summed E-state index contributed by atoms with van der Waals surface area (Å²) >= 11 is 9.78.